The molecular weight excluding hydrogens is 194 g/mol. The third-order valence-corrected chi connectivity index (χ3v) is 3.36. The molecule has 74 valence electrons. The van der Waals surface area contributed by atoms with E-state index >= 15 is 0 Å². The van der Waals surface area contributed by atoms with Crippen LogP contribution in [-0.2, 0) is 19.9 Å². The van der Waals surface area contributed by atoms with E-state index < -0.39 is 0 Å². The van der Waals surface area contributed by atoms with Crippen LogP contribution in [0, 0.1) is 4.64 Å². The molecule has 0 bridgehead atoms. The highest BCUT2D eigenvalue weighted by atomic mass is 32.1. The van der Waals surface area contributed by atoms with Gasteiger partial charge in [-0.1, -0.05) is 12.2 Å². The number of carbonyl (C=O) groups excluding carboxylic acids is 1. The highest BCUT2D eigenvalue weighted by Crippen LogP contribution is 2.24. The summed E-state index contributed by atoms with van der Waals surface area (Å²) in [7, 11) is 1.91. The van der Waals surface area contributed by atoms with Crippen LogP contribution in [0.1, 0.15) is 34.3 Å². The fraction of sp³-hybridized carbons (Fsp3) is 0.455. The molecule has 0 aromatic carbocycles. The van der Waals surface area contributed by atoms with Crippen molar-refractivity contribution in [3.63, 3.8) is 0 Å². The lowest BCUT2D eigenvalue weighted by Crippen LogP contribution is -2.11. The van der Waals surface area contributed by atoms with Gasteiger partial charge in [-0.15, -0.1) is 0 Å². The molecule has 2 nitrogen and oxygen atoms in total. The second kappa shape index (κ2) is 3.65. The number of hydrogen-bond donors (Lipinski definition) is 0. The van der Waals surface area contributed by atoms with E-state index in [9.17, 15) is 4.79 Å². The van der Waals surface area contributed by atoms with Gasteiger partial charge in [-0.05, 0) is 36.8 Å². The Morgan fingerprint density at radius 3 is 2.86 bits per heavy atom. The number of carbonyl (C=O) groups is 1. The minimum Gasteiger partial charge on any atom is -0.341 e. The summed E-state index contributed by atoms with van der Waals surface area (Å²) in [4.78, 5) is 11.0. The van der Waals surface area contributed by atoms with Gasteiger partial charge in [0.05, 0.1) is 5.56 Å². The Morgan fingerprint density at radius 2 is 2.14 bits per heavy atom. The lowest BCUT2D eigenvalue weighted by molar-refractivity contribution is 0.112. The first-order chi connectivity index (χ1) is 6.74. The summed E-state index contributed by atoms with van der Waals surface area (Å²) >= 11 is 5.21. The summed E-state index contributed by atoms with van der Waals surface area (Å²) in [6.45, 7) is 0. The van der Waals surface area contributed by atoms with Crippen molar-refractivity contribution in [2.24, 2.45) is 7.05 Å². The van der Waals surface area contributed by atoms with Crippen molar-refractivity contribution in [1.82, 2.24) is 4.57 Å². The van der Waals surface area contributed by atoms with Crippen molar-refractivity contribution >= 4 is 18.5 Å². The number of aldehydes is 1. The molecule has 1 aromatic heterocycles. The lowest BCUT2D eigenvalue weighted by atomic mass is 9.90. The van der Waals surface area contributed by atoms with Gasteiger partial charge in [-0.3, -0.25) is 4.79 Å². The van der Waals surface area contributed by atoms with Crippen LogP contribution in [0.4, 0.5) is 0 Å². The van der Waals surface area contributed by atoms with Crippen LogP contribution >= 0.6 is 12.2 Å². The molecule has 1 aliphatic carbocycles. The molecule has 1 aromatic rings. The summed E-state index contributed by atoms with van der Waals surface area (Å²) < 4.78 is 2.55. The van der Waals surface area contributed by atoms with Gasteiger partial charge in [-0.25, -0.2) is 0 Å². The van der Waals surface area contributed by atoms with E-state index in [2.05, 4.69) is 6.20 Å². The summed E-state index contributed by atoms with van der Waals surface area (Å²) in [5.41, 5.74) is 3.23. The third kappa shape index (κ3) is 1.42. The minimum absolute atomic E-state index is 0.667. The lowest BCUT2D eigenvalue weighted by Gasteiger charge is -2.18. The molecule has 1 heterocycles. The van der Waals surface area contributed by atoms with Gasteiger partial charge >= 0.3 is 0 Å². The van der Waals surface area contributed by atoms with Gasteiger partial charge in [0.1, 0.15) is 4.64 Å². The summed E-state index contributed by atoms with van der Waals surface area (Å²) in [6.07, 6.45) is 7.47. The van der Waals surface area contributed by atoms with Gasteiger partial charge in [0.15, 0.2) is 6.29 Å². The third-order valence-electron chi connectivity index (χ3n) is 2.85. The zero-order valence-corrected chi connectivity index (χ0v) is 9.06. The quantitative estimate of drug-likeness (QED) is 0.521. The first-order valence-corrected chi connectivity index (χ1v) is 5.31. The van der Waals surface area contributed by atoms with Gasteiger partial charge < -0.3 is 4.57 Å². The Balaban J connectivity index is 2.72. The predicted molar refractivity (Wildman–Crippen MR) is 58.3 cm³/mol. The zero-order chi connectivity index (χ0) is 10.1. The highest BCUT2D eigenvalue weighted by Gasteiger charge is 2.15. The molecule has 0 unspecified atom stereocenters. The Morgan fingerprint density at radius 1 is 1.43 bits per heavy atom. The fourth-order valence-corrected chi connectivity index (χ4v) is 2.34. The Hall–Kier alpha value is -0.960. The van der Waals surface area contributed by atoms with Crippen molar-refractivity contribution < 1.29 is 4.79 Å². The van der Waals surface area contributed by atoms with E-state index in [1.165, 1.54) is 24.0 Å². The van der Waals surface area contributed by atoms with Crippen LogP contribution in [0.15, 0.2) is 6.20 Å². The normalized spacial score (nSPS) is 14.9. The molecule has 0 aliphatic heterocycles. The van der Waals surface area contributed by atoms with Crippen molar-refractivity contribution in [1.29, 1.82) is 0 Å². The molecule has 3 heteroatoms. The largest absolute Gasteiger partial charge is 0.341 e. The molecule has 14 heavy (non-hydrogen) atoms. The fourth-order valence-electron chi connectivity index (χ4n) is 2.11. The highest BCUT2D eigenvalue weighted by molar-refractivity contribution is 7.71. The molecule has 0 saturated carbocycles. The van der Waals surface area contributed by atoms with Crippen LogP contribution in [-0.4, -0.2) is 10.9 Å². The van der Waals surface area contributed by atoms with Crippen LogP contribution in [0.25, 0.3) is 0 Å². The monoisotopic (exact) mass is 207 g/mol. The first-order valence-electron chi connectivity index (χ1n) is 4.90. The summed E-state index contributed by atoms with van der Waals surface area (Å²) in [5, 5.41) is 0. The van der Waals surface area contributed by atoms with Crippen LogP contribution in [0.3, 0.4) is 0 Å². The van der Waals surface area contributed by atoms with Crippen molar-refractivity contribution in [2.75, 3.05) is 0 Å². The van der Waals surface area contributed by atoms with E-state index in [-0.39, 0.29) is 0 Å². The second-order valence-corrected chi connectivity index (χ2v) is 4.17. The number of rotatable bonds is 1. The number of nitrogens with zero attached hydrogens (tertiary/aromatic N) is 1. The summed E-state index contributed by atoms with van der Waals surface area (Å²) in [6, 6.07) is 0. The van der Waals surface area contributed by atoms with Gasteiger partial charge in [0, 0.05) is 13.2 Å². The standard InChI is InChI=1S/C11H13NOS/c1-12-6-8-4-2-3-5-9(8)10(7-13)11(12)14/h6-7H,2-5H2,1H3. The topological polar surface area (TPSA) is 22.0 Å². The van der Waals surface area contributed by atoms with Crippen molar-refractivity contribution in [3.05, 3.63) is 27.5 Å². The average Bonchev–Trinajstić information content (AvgIpc) is 2.20. The number of aryl methyl sites for hydroxylation is 2. The van der Waals surface area contributed by atoms with Crippen molar-refractivity contribution in [2.45, 2.75) is 25.7 Å². The smallest absolute Gasteiger partial charge is 0.153 e. The molecule has 0 radical (unpaired) electrons. The van der Waals surface area contributed by atoms with E-state index in [0.717, 1.165) is 24.7 Å². The average molecular weight is 207 g/mol. The van der Waals surface area contributed by atoms with Gasteiger partial charge in [-0.2, -0.15) is 0 Å². The molecule has 2 rings (SSSR count). The molecule has 0 fully saturated rings. The second-order valence-electron chi connectivity index (χ2n) is 3.79. The molecule has 0 N–H and O–H groups in total. The van der Waals surface area contributed by atoms with Crippen LogP contribution in [0.2, 0.25) is 0 Å². The van der Waals surface area contributed by atoms with E-state index in [1.807, 2.05) is 11.6 Å². The Kier molecular flexibility index (Phi) is 2.50. The van der Waals surface area contributed by atoms with E-state index in [1.54, 1.807) is 0 Å². The van der Waals surface area contributed by atoms with Crippen molar-refractivity contribution in [3.8, 4) is 0 Å². The SMILES string of the molecule is Cn1cc2c(c(C=O)c1=S)CCCC2. The number of hydrogen-bond acceptors (Lipinski definition) is 2. The molecular formula is C11H13NOS. The number of fused-ring (bicyclic) bond motifs is 1. The molecule has 0 saturated heterocycles. The predicted octanol–water partition coefficient (Wildman–Crippen LogP) is 2.45. The maximum Gasteiger partial charge on any atom is 0.153 e. The molecule has 0 atom stereocenters. The minimum atomic E-state index is 0.667. The number of pyridine rings is 1. The molecule has 1 aliphatic rings. The Bertz CT molecular complexity index is 434. The maximum absolute atomic E-state index is 11.0. The maximum atomic E-state index is 11.0. The van der Waals surface area contributed by atoms with Crippen LogP contribution in [0.5, 0.6) is 0 Å². The molecule has 0 amide bonds. The summed E-state index contributed by atoms with van der Waals surface area (Å²) in [5.74, 6) is 0. The van der Waals surface area contributed by atoms with Gasteiger partial charge in [0.25, 0.3) is 0 Å². The van der Waals surface area contributed by atoms with Crippen LogP contribution < -0.4 is 0 Å². The van der Waals surface area contributed by atoms with E-state index in [4.69, 9.17) is 12.2 Å². The molecule has 0 spiro atoms. The Labute approximate surface area is 88.6 Å². The zero-order valence-electron chi connectivity index (χ0n) is 8.25. The number of aromatic nitrogens is 1. The van der Waals surface area contributed by atoms with E-state index in [0.29, 0.717) is 4.64 Å². The van der Waals surface area contributed by atoms with Gasteiger partial charge in [0.2, 0.25) is 0 Å². The first kappa shape index (κ1) is 9.59.